The van der Waals surface area contributed by atoms with Crippen molar-refractivity contribution in [3.05, 3.63) is 53.9 Å². The van der Waals surface area contributed by atoms with Gasteiger partial charge in [0, 0.05) is 67.3 Å². The summed E-state index contributed by atoms with van der Waals surface area (Å²) in [6.07, 6.45) is 5.01. The SMILES string of the molecule is Cc1cn2cc(NC(=O)c3ccc(N4CCN(C(=O)OC(C)(C)C)CC4)c4cn(CC5(C)COC5)nc34)cc(F)c2n1. The first-order valence-electron chi connectivity index (χ1n) is 14.1. The van der Waals surface area contributed by atoms with E-state index < -0.39 is 11.4 Å². The molecule has 0 atom stereocenters. The summed E-state index contributed by atoms with van der Waals surface area (Å²) >= 11 is 0. The van der Waals surface area contributed by atoms with Crippen molar-refractivity contribution in [2.24, 2.45) is 5.41 Å². The van der Waals surface area contributed by atoms with Crippen molar-refractivity contribution in [3.8, 4) is 0 Å². The molecule has 2 saturated heterocycles. The van der Waals surface area contributed by atoms with Crippen molar-refractivity contribution in [1.82, 2.24) is 24.1 Å². The highest BCUT2D eigenvalue weighted by Gasteiger charge is 2.35. The van der Waals surface area contributed by atoms with Gasteiger partial charge in [0.25, 0.3) is 5.91 Å². The van der Waals surface area contributed by atoms with Crippen LogP contribution < -0.4 is 10.2 Å². The number of benzene rings is 1. The normalized spacial score (nSPS) is 17.0. The summed E-state index contributed by atoms with van der Waals surface area (Å²) in [5, 5.41) is 8.53. The minimum atomic E-state index is -0.553. The van der Waals surface area contributed by atoms with Gasteiger partial charge in [0.2, 0.25) is 0 Å². The van der Waals surface area contributed by atoms with Crippen LogP contribution >= 0.6 is 0 Å². The third kappa shape index (κ3) is 5.50. The molecule has 0 radical (unpaired) electrons. The van der Waals surface area contributed by atoms with Crippen molar-refractivity contribution < 1.29 is 23.5 Å². The maximum atomic E-state index is 14.7. The van der Waals surface area contributed by atoms with Gasteiger partial charge in [-0.05, 0) is 39.8 Å². The molecule has 0 unspecified atom stereocenters. The average molecular weight is 578 g/mol. The summed E-state index contributed by atoms with van der Waals surface area (Å²) in [4.78, 5) is 34.3. The monoisotopic (exact) mass is 577 g/mol. The zero-order valence-electron chi connectivity index (χ0n) is 24.6. The van der Waals surface area contributed by atoms with E-state index in [4.69, 9.17) is 14.6 Å². The van der Waals surface area contributed by atoms with Gasteiger partial charge < -0.3 is 29.0 Å². The van der Waals surface area contributed by atoms with E-state index in [0.717, 1.165) is 11.1 Å². The number of carbonyl (C=O) groups is 2. The molecule has 0 spiro atoms. The Balaban J connectivity index is 1.29. The number of pyridine rings is 1. The molecule has 42 heavy (non-hydrogen) atoms. The molecule has 2 aliphatic heterocycles. The predicted octanol–water partition coefficient (Wildman–Crippen LogP) is 4.48. The molecule has 12 heteroatoms. The van der Waals surface area contributed by atoms with Gasteiger partial charge in [-0.2, -0.15) is 5.10 Å². The maximum absolute atomic E-state index is 14.7. The number of imidazole rings is 1. The molecule has 1 aromatic carbocycles. The molecule has 222 valence electrons. The first kappa shape index (κ1) is 28.0. The summed E-state index contributed by atoms with van der Waals surface area (Å²) in [6.45, 7) is 13.7. The molecule has 4 aromatic rings. The Morgan fingerprint density at radius 1 is 1.12 bits per heavy atom. The van der Waals surface area contributed by atoms with Crippen LogP contribution in [0.15, 0.2) is 36.8 Å². The topological polar surface area (TPSA) is 106 Å². The molecule has 2 aliphatic rings. The molecule has 3 aromatic heterocycles. The van der Waals surface area contributed by atoms with Crippen molar-refractivity contribution in [2.45, 2.75) is 46.8 Å². The summed E-state index contributed by atoms with van der Waals surface area (Å²) < 4.78 is 29.1. The third-order valence-electron chi connectivity index (χ3n) is 7.55. The minimum absolute atomic E-state index is 0.0282. The summed E-state index contributed by atoms with van der Waals surface area (Å²) in [6, 6.07) is 4.95. The molecule has 0 bridgehead atoms. The lowest BCUT2D eigenvalue weighted by molar-refractivity contribution is -0.111. The van der Waals surface area contributed by atoms with E-state index in [2.05, 4.69) is 22.1 Å². The standard InChI is InChI=1S/C30H36FN7O4/c1-19-13-37-14-20(12-23(31)26(37)32-19)33-27(39)21-6-7-24(22-15-38(34-25(21)22)16-30(5)17-41-18-30)35-8-10-36(11-9-35)28(40)42-29(2,3)4/h6-7,12-15H,8-11,16-18H2,1-5H3,(H,33,39). The number of aryl methyl sites for hydroxylation is 1. The van der Waals surface area contributed by atoms with Gasteiger partial charge in [-0.25, -0.2) is 14.2 Å². The molecule has 2 fully saturated rings. The number of ether oxygens (including phenoxy) is 2. The van der Waals surface area contributed by atoms with Crippen molar-refractivity contribution >= 4 is 39.9 Å². The lowest BCUT2D eigenvalue weighted by atomic mass is 9.89. The second-order valence-electron chi connectivity index (χ2n) is 12.6. The Kier molecular flexibility index (Phi) is 6.83. The zero-order valence-corrected chi connectivity index (χ0v) is 24.6. The molecule has 11 nitrogen and oxygen atoms in total. The lowest BCUT2D eigenvalue weighted by Gasteiger charge is -2.37. The van der Waals surface area contributed by atoms with E-state index in [1.54, 1.807) is 34.7 Å². The van der Waals surface area contributed by atoms with Crippen LogP contribution in [0.1, 0.15) is 43.7 Å². The van der Waals surface area contributed by atoms with E-state index >= 15 is 0 Å². The van der Waals surface area contributed by atoms with Gasteiger partial charge in [-0.3, -0.25) is 9.48 Å². The first-order valence-corrected chi connectivity index (χ1v) is 14.1. The Hall–Kier alpha value is -4.19. The van der Waals surface area contributed by atoms with Gasteiger partial charge in [-0.15, -0.1) is 0 Å². The number of nitrogens with one attached hydrogen (secondary N) is 1. The Labute approximate surface area is 243 Å². The Morgan fingerprint density at radius 3 is 2.52 bits per heavy atom. The first-order chi connectivity index (χ1) is 19.9. The third-order valence-corrected chi connectivity index (χ3v) is 7.55. The number of carbonyl (C=O) groups excluding carboxylic acids is 2. The number of aromatic nitrogens is 4. The second-order valence-corrected chi connectivity index (χ2v) is 12.6. The predicted molar refractivity (Wildman–Crippen MR) is 157 cm³/mol. The van der Waals surface area contributed by atoms with Crippen LogP contribution in [-0.2, 0) is 16.0 Å². The van der Waals surface area contributed by atoms with Gasteiger partial charge in [0.15, 0.2) is 11.5 Å². The van der Waals surface area contributed by atoms with Crippen LogP contribution in [-0.4, -0.2) is 81.1 Å². The largest absolute Gasteiger partial charge is 0.444 e. The number of fused-ring (bicyclic) bond motifs is 2. The number of piperazine rings is 1. The van der Waals surface area contributed by atoms with Gasteiger partial charge in [0.05, 0.1) is 36.7 Å². The fourth-order valence-corrected chi connectivity index (χ4v) is 5.51. The van der Waals surface area contributed by atoms with Crippen LogP contribution in [0, 0.1) is 18.2 Å². The molecular formula is C30H36FN7O4. The molecule has 1 N–H and O–H groups in total. The quantitative estimate of drug-likeness (QED) is 0.373. The number of halogens is 1. The van der Waals surface area contributed by atoms with Crippen molar-refractivity contribution in [2.75, 3.05) is 49.6 Å². The van der Waals surface area contributed by atoms with Crippen LogP contribution in [0.2, 0.25) is 0 Å². The summed E-state index contributed by atoms with van der Waals surface area (Å²) in [5.41, 5.74) is 2.50. The molecule has 6 rings (SSSR count). The Bertz CT molecular complexity index is 1680. The summed E-state index contributed by atoms with van der Waals surface area (Å²) in [5.74, 6) is -0.910. The van der Waals surface area contributed by atoms with E-state index in [0.29, 0.717) is 68.4 Å². The average Bonchev–Trinajstić information content (AvgIpc) is 3.49. The van der Waals surface area contributed by atoms with Crippen molar-refractivity contribution in [3.63, 3.8) is 0 Å². The second kappa shape index (κ2) is 10.3. The van der Waals surface area contributed by atoms with Crippen LogP contribution in [0.4, 0.5) is 20.6 Å². The number of amides is 2. The zero-order chi connectivity index (χ0) is 29.8. The smallest absolute Gasteiger partial charge is 0.410 e. The number of anilines is 2. The molecular weight excluding hydrogens is 541 g/mol. The number of nitrogens with zero attached hydrogens (tertiary/aromatic N) is 6. The molecule has 5 heterocycles. The van der Waals surface area contributed by atoms with Gasteiger partial charge >= 0.3 is 6.09 Å². The number of rotatable bonds is 5. The highest BCUT2D eigenvalue weighted by molar-refractivity contribution is 6.14. The highest BCUT2D eigenvalue weighted by atomic mass is 19.1. The molecule has 0 saturated carbocycles. The van der Waals surface area contributed by atoms with Gasteiger partial charge in [-0.1, -0.05) is 6.92 Å². The Morgan fingerprint density at radius 2 is 1.86 bits per heavy atom. The van der Waals surface area contributed by atoms with Crippen LogP contribution in [0.25, 0.3) is 16.6 Å². The highest BCUT2D eigenvalue weighted by Crippen LogP contribution is 2.33. The van der Waals surface area contributed by atoms with E-state index in [1.807, 2.05) is 37.7 Å². The minimum Gasteiger partial charge on any atom is -0.444 e. The fraction of sp³-hybridized carbons (Fsp3) is 0.467. The number of hydrogen-bond donors (Lipinski definition) is 1. The molecule has 2 amide bonds. The van der Waals surface area contributed by atoms with Crippen LogP contribution in [0.5, 0.6) is 0 Å². The van der Waals surface area contributed by atoms with E-state index in [9.17, 15) is 14.0 Å². The summed E-state index contributed by atoms with van der Waals surface area (Å²) in [7, 11) is 0. The lowest BCUT2D eigenvalue weighted by Crippen LogP contribution is -2.50. The van der Waals surface area contributed by atoms with Crippen molar-refractivity contribution in [1.29, 1.82) is 0 Å². The van der Waals surface area contributed by atoms with E-state index in [-0.39, 0.29) is 23.1 Å². The fourth-order valence-electron chi connectivity index (χ4n) is 5.51. The molecule has 0 aliphatic carbocycles. The van der Waals surface area contributed by atoms with E-state index in [1.165, 1.54) is 6.07 Å². The van der Waals surface area contributed by atoms with Crippen LogP contribution in [0.3, 0.4) is 0 Å². The number of hydrogen-bond acceptors (Lipinski definition) is 7. The maximum Gasteiger partial charge on any atom is 0.410 e. The van der Waals surface area contributed by atoms with Gasteiger partial charge in [0.1, 0.15) is 11.1 Å².